The predicted octanol–water partition coefficient (Wildman–Crippen LogP) is 4.79. The van der Waals surface area contributed by atoms with Crippen LogP contribution in [0.1, 0.15) is 16.9 Å². The number of rotatable bonds is 7. The van der Waals surface area contributed by atoms with Crippen LogP contribution in [0, 0.1) is 3.57 Å². The summed E-state index contributed by atoms with van der Waals surface area (Å²) in [5.74, 6) is -0.494. The zero-order valence-corrected chi connectivity index (χ0v) is 20.8. The number of ether oxygens (including phenoxy) is 2. The molecule has 8 nitrogen and oxygen atoms in total. The van der Waals surface area contributed by atoms with Crippen molar-refractivity contribution in [1.29, 1.82) is 0 Å². The standard InChI is InChI=1S/C24H18ClIN2O6/c1-32-20-11-15(10-19(25)21(20)34-13-14-4-6-16(26)7-5-14)9-18-22(29)27-24(31)28(23(18)30)12-17-3-2-8-33-17/h2-11H,12-13H2,1H3,(H,27,29,31)/b18-9+. The van der Waals surface area contributed by atoms with Gasteiger partial charge in [-0.05, 0) is 76.2 Å². The second kappa shape index (κ2) is 10.3. The van der Waals surface area contributed by atoms with E-state index < -0.39 is 17.8 Å². The van der Waals surface area contributed by atoms with Crippen molar-refractivity contribution >= 4 is 58.1 Å². The molecule has 0 saturated carbocycles. The van der Waals surface area contributed by atoms with Gasteiger partial charge in [0.15, 0.2) is 11.5 Å². The molecule has 1 aromatic heterocycles. The van der Waals surface area contributed by atoms with E-state index in [9.17, 15) is 14.4 Å². The quantitative estimate of drug-likeness (QED) is 0.241. The van der Waals surface area contributed by atoms with E-state index in [1.54, 1.807) is 24.3 Å². The Morgan fingerprint density at radius 3 is 2.59 bits per heavy atom. The Morgan fingerprint density at radius 1 is 1.15 bits per heavy atom. The lowest BCUT2D eigenvalue weighted by molar-refractivity contribution is -0.130. The van der Waals surface area contributed by atoms with Crippen molar-refractivity contribution in [3.63, 3.8) is 0 Å². The van der Waals surface area contributed by atoms with Gasteiger partial charge < -0.3 is 13.9 Å². The molecule has 0 aliphatic carbocycles. The largest absolute Gasteiger partial charge is 0.493 e. The first-order valence-electron chi connectivity index (χ1n) is 10.0. The number of imide groups is 2. The molecule has 0 spiro atoms. The maximum Gasteiger partial charge on any atom is 0.331 e. The average Bonchev–Trinajstić information content (AvgIpc) is 3.33. The third-order valence-corrected chi connectivity index (χ3v) is 5.94. The fourth-order valence-corrected chi connectivity index (χ4v) is 3.90. The van der Waals surface area contributed by atoms with Crippen molar-refractivity contribution in [2.45, 2.75) is 13.2 Å². The molecular formula is C24H18ClIN2O6. The summed E-state index contributed by atoms with van der Waals surface area (Å²) in [4.78, 5) is 38.4. The maximum absolute atomic E-state index is 12.9. The summed E-state index contributed by atoms with van der Waals surface area (Å²) in [5.41, 5.74) is 1.15. The van der Waals surface area contributed by atoms with E-state index >= 15 is 0 Å². The lowest BCUT2D eigenvalue weighted by atomic mass is 10.1. The van der Waals surface area contributed by atoms with Crippen LogP contribution in [0.4, 0.5) is 4.79 Å². The third-order valence-electron chi connectivity index (χ3n) is 4.94. The van der Waals surface area contributed by atoms with Crippen LogP contribution in [0.25, 0.3) is 6.08 Å². The van der Waals surface area contributed by atoms with Crippen molar-refractivity contribution in [2.75, 3.05) is 7.11 Å². The minimum atomic E-state index is -0.821. The summed E-state index contributed by atoms with van der Waals surface area (Å²) >= 11 is 8.67. The van der Waals surface area contributed by atoms with Crippen LogP contribution in [0.15, 0.2) is 64.8 Å². The number of furan rings is 1. The molecule has 174 valence electrons. The van der Waals surface area contributed by atoms with Crippen LogP contribution in [0.3, 0.4) is 0 Å². The van der Waals surface area contributed by atoms with Crippen LogP contribution in [-0.2, 0) is 22.7 Å². The van der Waals surface area contributed by atoms with E-state index in [0.717, 1.165) is 14.0 Å². The third kappa shape index (κ3) is 5.26. The average molecular weight is 593 g/mol. The number of nitrogens with one attached hydrogen (secondary N) is 1. The van der Waals surface area contributed by atoms with Crippen LogP contribution in [-0.4, -0.2) is 29.9 Å². The van der Waals surface area contributed by atoms with Gasteiger partial charge in [-0.1, -0.05) is 23.7 Å². The monoisotopic (exact) mass is 592 g/mol. The Hall–Kier alpha value is -3.31. The van der Waals surface area contributed by atoms with Gasteiger partial charge >= 0.3 is 6.03 Å². The van der Waals surface area contributed by atoms with Gasteiger partial charge in [-0.25, -0.2) is 4.79 Å². The number of urea groups is 1. The SMILES string of the molecule is COc1cc(/C=C2\C(=O)NC(=O)N(Cc3ccco3)C2=O)cc(Cl)c1OCc1ccc(I)cc1. The van der Waals surface area contributed by atoms with E-state index in [2.05, 4.69) is 27.9 Å². The Morgan fingerprint density at radius 2 is 1.91 bits per heavy atom. The van der Waals surface area contributed by atoms with Crippen LogP contribution in [0.5, 0.6) is 11.5 Å². The lowest BCUT2D eigenvalue weighted by Crippen LogP contribution is -2.53. The fraction of sp³-hybridized carbons (Fsp3) is 0.125. The van der Waals surface area contributed by atoms with Gasteiger partial charge in [0.1, 0.15) is 17.9 Å². The van der Waals surface area contributed by atoms with E-state index in [1.807, 2.05) is 24.3 Å². The summed E-state index contributed by atoms with van der Waals surface area (Å²) < 4.78 is 17.6. The van der Waals surface area contributed by atoms with Crippen molar-refractivity contribution in [3.8, 4) is 11.5 Å². The summed E-state index contributed by atoms with van der Waals surface area (Å²) in [5, 5.41) is 2.41. The number of nitrogens with zero attached hydrogens (tertiary/aromatic N) is 1. The molecule has 0 radical (unpaired) electrons. The Kier molecular flexibility index (Phi) is 7.23. The van der Waals surface area contributed by atoms with Gasteiger partial charge in [-0.15, -0.1) is 0 Å². The van der Waals surface area contributed by atoms with E-state index in [1.165, 1.54) is 19.4 Å². The first kappa shape index (κ1) is 23.8. The first-order chi connectivity index (χ1) is 16.4. The highest BCUT2D eigenvalue weighted by Gasteiger charge is 2.36. The molecule has 2 aromatic carbocycles. The summed E-state index contributed by atoms with van der Waals surface area (Å²) in [6.45, 7) is 0.163. The predicted molar refractivity (Wildman–Crippen MR) is 132 cm³/mol. The molecule has 1 fully saturated rings. The molecule has 0 unspecified atom stereocenters. The number of halogens is 2. The highest BCUT2D eigenvalue weighted by molar-refractivity contribution is 14.1. The molecule has 4 amide bonds. The molecule has 0 atom stereocenters. The Labute approximate surface area is 213 Å². The van der Waals surface area contributed by atoms with Crippen molar-refractivity contribution < 1.29 is 28.3 Å². The number of hydrogen-bond acceptors (Lipinski definition) is 6. The van der Waals surface area contributed by atoms with Gasteiger partial charge in [-0.3, -0.25) is 19.8 Å². The molecule has 1 N–H and O–H groups in total. The number of hydrogen-bond donors (Lipinski definition) is 1. The highest BCUT2D eigenvalue weighted by atomic mass is 127. The Balaban J connectivity index is 1.59. The van der Waals surface area contributed by atoms with Crippen molar-refractivity contribution in [3.05, 3.63) is 85.8 Å². The van der Waals surface area contributed by atoms with E-state index in [0.29, 0.717) is 22.8 Å². The Bertz CT molecular complexity index is 1270. The molecule has 34 heavy (non-hydrogen) atoms. The number of amides is 4. The van der Waals surface area contributed by atoms with Crippen molar-refractivity contribution in [1.82, 2.24) is 10.2 Å². The number of barbiturate groups is 1. The number of carbonyl (C=O) groups is 3. The first-order valence-corrected chi connectivity index (χ1v) is 11.5. The summed E-state index contributed by atoms with van der Waals surface area (Å²) in [7, 11) is 1.46. The zero-order chi connectivity index (χ0) is 24.2. The summed E-state index contributed by atoms with van der Waals surface area (Å²) in [6.07, 6.45) is 2.77. The molecule has 1 aliphatic heterocycles. The number of methoxy groups -OCH3 is 1. The topological polar surface area (TPSA) is 98.1 Å². The number of benzene rings is 2. The van der Waals surface area contributed by atoms with Gasteiger partial charge in [0.25, 0.3) is 11.8 Å². The van der Waals surface area contributed by atoms with Crippen LogP contribution >= 0.6 is 34.2 Å². The van der Waals surface area contributed by atoms with E-state index in [-0.39, 0.29) is 23.7 Å². The van der Waals surface area contributed by atoms with Gasteiger partial charge in [0.05, 0.1) is 24.9 Å². The van der Waals surface area contributed by atoms with Gasteiger partial charge in [0, 0.05) is 3.57 Å². The maximum atomic E-state index is 12.9. The molecular weight excluding hydrogens is 575 g/mol. The molecule has 1 aliphatic rings. The van der Waals surface area contributed by atoms with Crippen LogP contribution in [0.2, 0.25) is 5.02 Å². The molecule has 1 saturated heterocycles. The highest BCUT2D eigenvalue weighted by Crippen LogP contribution is 2.37. The van der Waals surface area contributed by atoms with Crippen molar-refractivity contribution in [2.24, 2.45) is 0 Å². The minimum Gasteiger partial charge on any atom is -0.493 e. The molecule has 10 heteroatoms. The molecule has 3 aromatic rings. The fourth-order valence-electron chi connectivity index (χ4n) is 3.26. The lowest BCUT2D eigenvalue weighted by Gasteiger charge is -2.25. The second-order valence-electron chi connectivity index (χ2n) is 7.24. The zero-order valence-electron chi connectivity index (χ0n) is 17.8. The molecule has 4 rings (SSSR count). The normalized spacial score (nSPS) is 15.0. The minimum absolute atomic E-state index is 0.113. The molecule has 2 heterocycles. The van der Waals surface area contributed by atoms with Gasteiger partial charge in [-0.2, -0.15) is 0 Å². The number of carbonyl (C=O) groups excluding carboxylic acids is 3. The van der Waals surface area contributed by atoms with Crippen LogP contribution < -0.4 is 14.8 Å². The summed E-state index contributed by atoms with van der Waals surface area (Å²) in [6, 6.07) is 13.4. The smallest absolute Gasteiger partial charge is 0.331 e. The van der Waals surface area contributed by atoms with Gasteiger partial charge in [0.2, 0.25) is 0 Å². The second-order valence-corrected chi connectivity index (χ2v) is 8.89. The molecule has 0 bridgehead atoms. The van der Waals surface area contributed by atoms with E-state index in [4.69, 9.17) is 25.5 Å².